The lowest BCUT2D eigenvalue weighted by Gasteiger charge is -2.23. The van der Waals surface area contributed by atoms with Gasteiger partial charge in [-0.15, -0.1) is 0 Å². The van der Waals surface area contributed by atoms with Crippen LogP contribution in [0.25, 0.3) is 0 Å². The second-order valence-corrected chi connectivity index (χ2v) is 9.06. The van der Waals surface area contributed by atoms with Crippen LogP contribution in [0.3, 0.4) is 0 Å². The molecule has 0 aliphatic carbocycles. The van der Waals surface area contributed by atoms with E-state index in [4.69, 9.17) is 4.74 Å². The highest BCUT2D eigenvalue weighted by Crippen LogP contribution is 2.22. The zero-order valence-corrected chi connectivity index (χ0v) is 19.6. The molecule has 0 fully saturated rings. The van der Waals surface area contributed by atoms with Gasteiger partial charge in [0.2, 0.25) is 0 Å². The van der Waals surface area contributed by atoms with Gasteiger partial charge in [0.05, 0.1) is 6.61 Å². The number of esters is 1. The van der Waals surface area contributed by atoms with E-state index in [0.717, 1.165) is 22.3 Å². The number of aryl methyl sites for hydroxylation is 1. The average Bonchev–Trinajstić information content (AvgIpc) is 2.73. The van der Waals surface area contributed by atoms with Crippen LogP contribution in [-0.4, -0.2) is 43.4 Å². The normalized spacial score (nSPS) is 12.7. The Bertz CT molecular complexity index is 945. The Morgan fingerprint density at radius 3 is 2.45 bits per heavy atom. The maximum Gasteiger partial charge on any atom is 0.306 e. The molecular formula is C23H33N3O4S. The lowest BCUT2D eigenvalue weighted by atomic mass is 9.96. The molecule has 0 radical (unpaired) electrons. The minimum atomic E-state index is -3.59. The van der Waals surface area contributed by atoms with Crippen LogP contribution >= 0.6 is 0 Å². The van der Waals surface area contributed by atoms with Gasteiger partial charge in [-0.3, -0.25) is 9.78 Å². The SMILES string of the molecule is CCOC(=O)CCc1cc(Cc2cccnc2)cc(C(C)NS(=O)(=O)N(CC)CC)c1. The van der Waals surface area contributed by atoms with E-state index in [9.17, 15) is 13.2 Å². The van der Waals surface area contributed by atoms with E-state index in [2.05, 4.69) is 15.8 Å². The van der Waals surface area contributed by atoms with Crippen molar-refractivity contribution in [2.75, 3.05) is 19.7 Å². The zero-order chi connectivity index (χ0) is 22.9. The van der Waals surface area contributed by atoms with Crippen molar-refractivity contribution in [1.82, 2.24) is 14.0 Å². The van der Waals surface area contributed by atoms with E-state index in [1.165, 1.54) is 4.31 Å². The van der Waals surface area contributed by atoms with E-state index >= 15 is 0 Å². The highest BCUT2D eigenvalue weighted by atomic mass is 32.2. The molecule has 1 aromatic carbocycles. The molecule has 0 amide bonds. The number of rotatable bonds is 12. The zero-order valence-electron chi connectivity index (χ0n) is 18.8. The van der Waals surface area contributed by atoms with E-state index in [-0.39, 0.29) is 12.4 Å². The van der Waals surface area contributed by atoms with Gasteiger partial charge in [0, 0.05) is 37.9 Å². The van der Waals surface area contributed by atoms with Gasteiger partial charge < -0.3 is 4.74 Å². The number of benzene rings is 1. The molecule has 0 saturated carbocycles. The van der Waals surface area contributed by atoms with Crippen LogP contribution in [0.1, 0.15) is 62.4 Å². The van der Waals surface area contributed by atoms with Crippen molar-refractivity contribution in [3.63, 3.8) is 0 Å². The van der Waals surface area contributed by atoms with Crippen LogP contribution in [0.4, 0.5) is 0 Å². The molecule has 0 saturated heterocycles. The molecule has 2 rings (SSSR count). The molecule has 0 bridgehead atoms. The molecule has 1 unspecified atom stereocenters. The Hall–Kier alpha value is -2.29. The molecule has 0 spiro atoms. The molecule has 31 heavy (non-hydrogen) atoms. The summed E-state index contributed by atoms with van der Waals surface area (Å²) < 4.78 is 34.5. The number of hydrogen-bond donors (Lipinski definition) is 1. The van der Waals surface area contributed by atoms with Gasteiger partial charge in [-0.25, -0.2) is 0 Å². The average molecular weight is 448 g/mol. The van der Waals surface area contributed by atoms with Crippen molar-refractivity contribution in [3.8, 4) is 0 Å². The van der Waals surface area contributed by atoms with Gasteiger partial charge in [-0.2, -0.15) is 17.4 Å². The minimum absolute atomic E-state index is 0.239. The van der Waals surface area contributed by atoms with E-state index in [1.54, 1.807) is 13.1 Å². The monoisotopic (exact) mass is 447 g/mol. The summed E-state index contributed by atoms with van der Waals surface area (Å²) >= 11 is 0. The van der Waals surface area contributed by atoms with Crippen LogP contribution in [0.2, 0.25) is 0 Å². The maximum atomic E-state index is 12.7. The molecule has 170 valence electrons. The lowest BCUT2D eigenvalue weighted by molar-refractivity contribution is -0.143. The minimum Gasteiger partial charge on any atom is -0.466 e. The number of carbonyl (C=O) groups excluding carboxylic acids is 1. The van der Waals surface area contributed by atoms with Gasteiger partial charge >= 0.3 is 5.97 Å². The van der Waals surface area contributed by atoms with Crippen LogP contribution in [-0.2, 0) is 32.6 Å². The molecule has 1 atom stereocenters. The summed E-state index contributed by atoms with van der Waals surface area (Å²) in [6, 6.07) is 9.51. The molecule has 7 nitrogen and oxygen atoms in total. The first-order chi connectivity index (χ1) is 14.8. The third-order valence-corrected chi connectivity index (χ3v) is 6.85. The Balaban J connectivity index is 2.29. The molecule has 8 heteroatoms. The van der Waals surface area contributed by atoms with Gasteiger partial charge in [-0.1, -0.05) is 38.1 Å². The number of nitrogens with zero attached hydrogens (tertiary/aromatic N) is 2. The predicted octanol–water partition coefficient (Wildman–Crippen LogP) is 3.41. The van der Waals surface area contributed by atoms with E-state index in [1.807, 2.05) is 51.2 Å². The van der Waals surface area contributed by atoms with E-state index in [0.29, 0.717) is 32.5 Å². The number of pyridine rings is 1. The molecule has 0 aliphatic heterocycles. The third-order valence-electron chi connectivity index (χ3n) is 5.00. The smallest absolute Gasteiger partial charge is 0.306 e. The first-order valence-corrected chi connectivity index (χ1v) is 12.2. The van der Waals surface area contributed by atoms with Crippen molar-refractivity contribution < 1.29 is 17.9 Å². The van der Waals surface area contributed by atoms with Crippen LogP contribution < -0.4 is 4.72 Å². The number of ether oxygens (including phenoxy) is 1. The quantitative estimate of drug-likeness (QED) is 0.504. The first-order valence-electron chi connectivity index (χ1n) is 10.7. The summed E-state index contributed by atoms with van der Waals surface area (Å²) in [6.07, 6.45) is 5.03. The van der Waals surface area contributed by atoms with Crippen LogP contribution in [0.15, 0.2) is 42.7 Å². The summed E-state index contributed by atoms with van der Waals surface area (Å²) in [5.41, 5.74) is 3.93. The second-order valence-electron chi connectivity index (χ2n) is 7.35. The van der Waals surface area contributed by atoms with E-state index < -0.39 is 16.3 Å². The second kappa shape index (κ2) is 11.9. The Morgan fingerprint density at radius 1 is 1.13 bits per heavy atom. The molecule has 1 aromatic heterocycles. The maximum absolute atomic E-state index is 12.7. The summed E-state index contributed by atoms with van der Waals surface area (Å²) in [5.74, 6) is -0.239. The fourth-order valence-corrected chi connectivity index (χ4v) is 4.85. The highest BCUT2D eigenvalue weighted by molar-refractivity contribution is 7.87. The van der Waals surface area contributed by atoms with Gasteiger partial charge in [-0.05, 0) is 55.0 Å². The number of aromatic nitrogens is 1. The molecule has 2 aromatic rings. The third kappa shape index (κ3) is 7.72. The predicted molar refractivity (Wildman–Crippen MR) is 122 cm³/mol. The standard InChI is InChI=1S/C23H33N3O4S/c1-5-26(6-2)31(28,29)25-18(4)22-15-19(10-11-23(27)30-7-3)13-21(16-22)14-20-9-8-12-24-17-20/h8-9,12-13,15-18,25H,5-7,10-11,14H2,1-4H3. The van der Waals surface area contributed by atoms with Crippen LogP contribution in [0.5, 0.6) is 0 Å². The first kappa shape index (κ1) is 25.0. The lowest BCUT2D eigenvalue weighted by Crippen LogP contribution is -2.41. The summed E-state index contributed by atoms with van der Waals surface area (Å²) in [5, 5.41) is 0. The summed E-state index contributed by atoms with van der Waals surface area (Å²) in [7, 11) is -3.59. The van der Waals surface area contributed by atoms with Gasteiger partial charge in [0.15, 0.2) is 0 Å². The van der Waals surface area contributed by atoms with Crippen molar-refractivity contribution in [3.05, 3.63) is 65.0 Å². The largest absolute Gasteiger partial charge is 0.466 e. The van der Waals surface area contributed by atoms with Crippen LogP contribution in [0, 0.1) is 0 Å². The van der Waals surface area contributed by atoms with Crippen molar-refractivity contribution in [2.45, 2.75) is 53.0 Å². The van der Waals surface area contributed by atoms with Gasteiger partial charge in [0.1, 0.15) is 0 Å². The Labute approximate surface area is 186 Å². The molecular weight excluding hydrogens is 414 g/mol. The molecule has 1 N–H and O–H groups in total. The summed E-state index contributed by atoms with van der Waals surface area (Å²) in [4.78, 5) is 16.0. The Morgan fingerprint density at radius 2 is 1.84 bits per heavy atom. The fraction of sp³-hybridized carbons (Fsp3) is 0.478. The van der Waals surface area contributed by atoms with Crippen molar-refractivity contribution in [1.29, 1.82) is 0 Å². The topological polar surface area (TPSA) is 88.6 Å². The molecule has 1 heterocycles. The number of hydrogen-bond acceptors (Lipinski definition) is 5. The summed E-state index contributed by atoms with van der Waals surface area (Å²) in [6.45, 7) is 8.42. The Kier molecular flexibility index (Phi) is 9.61. The van der Waals surface area contributed by atoms with Gasteiger partial charge in [0.25, 0.3) is 10.2 Å². The van der Waals surface area contributed by atoms with Crippen molar-refractivity contribution in [2.24, 2.45) is 0 Å². The number of nitrogens with one attached hydrogen (secondary N) is 1. The fourth-order valence-electron chi connectivity index (χ4n) is 3.44. The number of carbonyl (C=O) groups is 1. The highest BCUT2D eigenvalue weighted by Gasteiger charge is 2.22. The molecule has 0 aliphatic rings. The van der Waals surface area contributed by atoms with Crippen molar-refractivity contribution >= 4 is 16.2 Å².